The molecule has 0 aliphatic heterocycles. The van der Waals surface area contributed by atoms with Gasteiger partial charge < -0.3 is 15.2 Å². The third-order valence-corrected chi connectivity index (χ3v) is 3.02. The molecular weight excluding hydrogens is 311 g/mol. The molecule has 122 valence electrons. The number of halogens is 3. The quantitative estimate of drug-likeness (QED) is 0.850. The summed E-state index contributed by atoms with van der Waals surface area (Å²) in [6.45, 7) is 0. The second-order valence-corrected chi connectivity index (χ2v) is 4.77. The van der Waals surface area contributed by atoms with E-state index in [9.17, 15) is 23.1 Å². The minimum atomic E-state index is -4.85. The number of carboxylic acid groups (broad SMARTS) is 1. The van der Waals surface area contributed by atoms with Crippen molar-refractivity contribution in [2.75, 3.05) is 5.32 Å². The lowest BCUT2D eigenvalue weighted by Gasteiger charge is -2.19. The Morgan fingerprint density at radius 2 is 1.70 bits per heavy atom. The van der Waals surface area contributed by atoms with Crippen LogP contribution < -0.4 is 10.1 Å². The second-order valence-electron chi connectivity index (χ2n) is 4.77. The van der Waals surface area contributed by atoms with E-state index in [-0.39, 0.29) is 12.1 Å². The van der Waals surface area contributed by atoms with Gasteiger partial charge in [0.1, 0.15) is 6.04 Å². The average molecular weight is 325 g/mol. The van der Waals surface area contributed by atoms with Gasteiger partial charge in [0.25, 0.3) is 0 Å². The molecule has 0 heterocycles. The van der Waals surface area contributed by atoms with E-state index in [2.05, 4.69) is 10.1 Å². The summed E-state index contributed by atoms with van der Waals surface area (Å²) in [6, 6.07) is 13.0. The van der Waals surface area contributed by atoms with Gasteiger partial charge in [-0.1, -0.05) is 42.5 Å². The van der Waals surface area contributed by atoms with Crippen molar-refractivity contribution in [1.82, 2.24) is 0 Å². The minimum Gasteiger partial charge on any atom is -0.480 e. The van der Waals surface area contributed by atoms with E-state index in [0.717, 1.165) is 11.6 Å². The Balaban J connectivity index is 2.19. The summed E-state index contributed by atoms with van der Waals surface area (Å²) in [7, 11) is 0. The third-order valence-electron chi connectivity index (χ3n) is 3.02. The van der Waals surface area contributed by atoms with Crippen molar-refractivity contribution in [1.29, 1.82) is 0 Å². The number of hydrogen-bond acceptors (Lipinski definition) is 3. The van der Waals surface area contributed by atoms with Crippen LogP contribution in [0.2, 0.25) is 0 Å². The molecule has 0 bridgehead atoms. The number of para-hydroxylation sites is 2. The van der Waals surface area contributed by atoms with Gasteiger partial charge in [-0.15, -0.1) is 13.2 Å². The largest absolute Gasteiger partial charge is 0.573 e. The number of ether oxygens (including phenoxy) is 1. The van der Waals surface area contributed by atoms with Gasteiger partial charge in [0.15, 0.2) is 5.75 Å². The summed E-state index contributed by atoms with van der Waals surface area (Å²) in [6.07, 6.45) is -4.73. The lowest BCUT2D eigenvalue weighted by atomic mass is 10.1. The molecule has 0 saturated carbocycles. The number of hydrogen-bond donors (Lipinski definition) is 2. The fourth-order valence-corrected chi connectivity index (χ4v) is 2.04. The highest BCUT2D eigenvalue weighted by atomic mass is 19.4. The molecule has 0 amide bonds. The molecular formula is C16H14F3NO3. The Morgan fingerprint density at radius 3 is 2.30 bits per heavy atom. The van der Waals surface area contributed by atoms with Gasteiger partial charge in [-0.05, 0) is 17.7 Å². The highest BCUT2D eigenvalue weighted by Crippen LogP contribution is 2.30. The molecule has 2 aromatic rings. The molecule has 1 atom stereocenters. The number of carboxylic acids is 1. The number of rotatable bonds is 6. The fraction of sp³-hybridized carbons (Fsp3) is 0.188. The summed E-state index contributed by atoms with van der Waals surface area (Å²) < 4.78 is 41.1. The molecule has 0 aliphatic carbocycles. The molecule has 2 aromatic carbocycles. The number of anilines is 1. The van der Waals surface area contributed by atoms with Gasteiger partial charge in [0.2, 0.25) is 0 Å². The molecule has 0 aromatic heterocycles. The predicted molar refractivity (Wildman–Crippen MR) is 78.3 cm³/mol. The Morgan fingerprint density at radius 1 is 1.09 bits per heavy atom. The molecule has 23 heavy (non-hydrogen) atoms. The number of benzene rings is 2. The van der Waals surface area contributed by atoms with E-state index in [1.807, 2.05) is 0 Å². The van der Waals surface area contributed by atoms with Gasteiger partial charge in [0.05, 0.1) is 5.69 Å². The summed E-state index contributed by atoms with van der Waals surface area (Å²) >= 11 is 0. The Kier molecular flexibility index (Phi) is 5.10. The predicted octanol–water partition coefficient (Wildman–Crippen LogP) is 3.69. The second kappa shape index (κ2) is 7.04. The molecule has 0 radical (unpaired) electrons. The lowest BCUT2D eigenvalue weighted by Crippen LogP contribution is -2.32. The van der Waals surface area contributed by atoms with Gasteiger partial charge >= 0.3 is 12.3 Å². The molecule has 1 unspecified atom stereocenters. The lowest BCUT2D eigenvalue weighted by molar-refractivity contribution is -0.274. The van der Waals surface area contributed by atoms with E-state index in [1.54, 1.807) is 30.3 Å². The highest BCUT2D eigenvalue weighted by molar-refractivity contribution is 5.78. The average Bonchev–Trinajstić information content (AvgIpc) is 2.48. The van der Waals surface area contributed by atoms with Crippen molar-refractivity contribution in [3.8, 4) is 5.75 Å². The molecule has 0 saturated heterocycles. The molecule has 7 heteroatoms. The SMILES string of the molecule is O=C(O)C(Cc1ccccc1)Nc1ccccc1OC(F)(F)F. The first-order valence-electron chi connectivity index (χ1n) is 6.73. The minimum absolute atomic E-state index is 0.0341. The van der Waals surface area contributed by atoms with Crippen LogP contribution in [-0.2, 0) is 11.2 Å². The monoisotopic (exact) mass is 325 g/mol. The van der Waals surface area contributed by atoms with Crippen LogP contribution in [-0.4, -0.2) is 23.5 Å². The normalized spacial score (nSPS) is 12.5. The van der Waals surface area contributed by atoms with Gasteiger partial charge in [-0.25, -0.2) is 4.79 Å². The summed E-state index contributed by atoms with van der Waals surface area (Å²) in [4.78, 5) is 11.4. The van der Waals surface area contributed by atoms with Gasteiger partial charge in [0, 0.05) is 6.42 Å². The zero-order valence-electron chi connectivity index (χ0n) is 11.9. The Hall–Kier alpha value is -2.70. The maximum Gasteiger partial charge on any atom is 0.573 e. The Bertz CT molecular complexity index is 659. The number of aliphatic carboxylic acids is 1. The van der Waals surface area contributed by atoms with E-state index in [4.69, 9.17) is 0 Å². The van der Waals surface area contributed by atoms with Crippen LogP contribution in [0.1, 0.15) is 5.56 Å². The highest BCUT2D eigenvalue weighted by Gasteiger charge is 2.32. The van der Waals surface area contributed by atoms with Crippen LogP contribution in [0.15, 0.2) is 54.6 Å². The van der Waals surface area contributed by atoms with Crippen molar-refractivity contribution in [2.24, 2.45) is 0 Å². The van der Waals surface area contributed by atoms with Gasteiger partial charge in [-0.2, -0.15) is 0 Å². The van der Waals surface area contributed by atoms with Crippen molar-refractivity contribution in [2.45, 2.75) is 18.8 Å². The van der Waals surface area contributed by atoms with Crippen LogP contribution >= 0.6 is 0 Å². The summed E-state index contributed by atoms with van der Waals surface area (Å²) in [5, 5.41) is 11.9. The van der Waals surface area contributed by atoms with Crippen molar-refractivity contribution >= 4 is 11.7 Å². The van der Waals surface area contributed by atoms with E-state index >= 15 is 0 Å². The third kappa shape index (κ3) is 5.21. The van der Waals surface area contributed by atoms with Crippen molar-refractivity contribution in [3.63, 3.8) is 0 Å². The standard InChI is InChI=1S/C16H14F3NO3/c17-16(18,19)23-14-9-5-4-8-12(14)20-13(15(21)22)10-11-6-2-1-3-7-11/h1-9,13,20H,10H2,(H,21,22). The number of alkyl halides is 3. The molecule has 0 aliphatic rings. The summed E-state index contributed by atoms with van der Waals surface area (Å²) in [5.74, 6) is -1.64. The van der Waals surface area contributed by atoms with Crippen LogP contribution in [0.3, 0.4) is 0 Å². The van der Waals surface area contributed by atoms with Crippen molar-refractivity contribution < 1.29 is 27.8 Å². The first-order valence-corrected chi connectivity index (χ1v) is 6.73. The smallest absolute Gasteiger partial charge is 0.480 e. The number of nitrogens with one attached hydrogen (secondary N) is 1. The maximum atomic E-state index is 12.4. The first kappa shape index (κ1) is 16.7. The molecule has 2 N–H and O–H groups in total. The molecule has 2 rings (SSSR count). The molecule has 0 spiro atoms. The van der Waals surface area contributed by atoms with Gasteiger partial charge in [-0.3, -0.25) is 0 Å². The van der Waals surface area contributed by atoms with E-state index in [1.165, 1.54) is 18.2 Å². The van der Waals surface area contributed by atoms with Crippen LogP contribution in [0, 0.1) is 0 Å². The van der Waals surface area contributed by atoms with Crippen LogP contribution in [0.4, 0.5) is 18.9 Å². The number of carbonyl (C=O) groups is 1. The first-order chi connectivity index (χ1) is 10.8. The molecule has 0 fully saturated rings. The molecule has 4 nitrogen and oxygen atoms in total. The zero-order chi connectivity index (χ0) is 16.9. The topological polar surface area (TPSA) is 58.6 Å². The maximum absolute atomic E-state index is 12.4. The zero-order valence-corrected chi connectivity index (χ0v) is 11.9. The van der Waals surface area contributed by atoms with Crippen molar-refractivity contribution in [3.05, 3.63) is 60.2 Å². The summed E-state index contributed by atoms with van der Waals surface area (Å²) in [5.41, 5.74) is 0.717. The van der Waals surface area contributed by atoms with E-state index < -0.39 is 24.1 Å². The van der Waals surface area contributed by atoms with Crippen LogP contribution in [0.5, 0.6) is 5.75 Å². The Labute approximate surface area is 130 Å². The fourth-order valence-electron chi connectivity index (χ4n) is 2.04. The van der Waals surface area contributed by atoms with E-state index in [0.29, 0.717) is 0 Å². The van der Waals surface area contributed by atoms with Crippen LogP contribution in [0.25, 0.3) is 0 Å².